The van der Waals surface area contributed by atoms with Crippen LogP contribution in [-0.2, 0) is 4.74 Å². The van der Waals surface area contributed by atoms with E-state index in [1.165, 1.54) is 0 Å². The van der Waals surface area contributed by atoms with Crippen molar-refractivity contribution in [3.63, 3.8) is 0 Å². The van der Waals surface area contributed by atoms with Gasteiger partial charge in [-0.3, -0.25) is 0 Å². The summed E-state index contributed by atoms with van der Waals surface area (Å²) in [4.78, 5) is 0. The van der Waals surface area contributed by atoms with Gasteiger partial charge >= 0.3 is 0 Å². The number of aliphatic hydroxyl groups excluding tert-OH is 1. The largest absolute Gasteiger partial charge is 0.491 e. The molecule has 0 amide bonds. The van der Waals surface area contributed by atoms with E-state index in [4.69, 9.17) is 21.1 Å². The molecule has 112 valence electrons. The maximum atomic E-state index is 10.4. The second kappa shape index (κ2) is 5.55. The second-order valence-electron chi connectivity index (χ2n) is 6.61. The lowest BCUT2D eigenvalue weighted by Gasteiger charge is -2.30. The highest BCUT2D eigenvalue weighted by Crippen LogP contribution is 2.43. The minimum atomic E-state index is -0.553. The lowest BCUT2D eigenvalue weighted by atomic mass is 9.83. The predicted octanol–water partition coefficient (Wildman–Crippen LogP) is 3.67. The smallest absolute Gasteiger partial charge is 0.119 e. The summed E-state index contributed by atoms with van der Waals surface area (Å²) in [6, 6.07) is 7.15. The van der Waals surface area contributed by atoms with Crippen LogP contribution >= 0.6 is 11.6 Å². The van der Waals surface area contributed by atoms with E-state index in [1.807, 2.05) is 13.8 Å². The van der Waals surface area contributed by atoms with Crippen LogP contribution in [0.25, 0.3) is 0 Å². The molecule has 0 radical (unpaired) electrons. The number of halogens is 1. The van der Waals surface area contributed by atoms with Crippen LogP contribution in [0.2, 0.25) is 5.02 Å². The van der Waals surface area contributed by atoms with E-state index in [1.54, 1.807) is 24.3 Å². The van der Waals surface area contributed by atoms with E-state index in [9.17, 15) is 5.11 Å². The van der Waals surface area contributed by atoms with Crippen LogP contribution in [0.4, 0.5) is 0 Å². The van der Waals surface area contributed by atoms with Crippen molar-refractivity contribution < 1.29 is 14.6 Å². The fourth-order valence-corrected chi connectivity index (χ4v) is 3.16. The van der Waals surface area contributed by atoms with Crippen LogP contribution in [-0.4, -0.2) is 29.0 Å². The summed E-state index contributed by atoms with van der Waals surface area (Å²) in [6.07, 6.45) is 0.271. The summed E-state index contributed by atoms with van der Waals surface area (Å²) in [5, 5.41) is 11.1. The van der Waals surface area contributed by atoms with Gasteiger partial charge < -0.3 is 14.6 Å². The van der Waals surface area contributed by atoms with E-state index in [0.29, 0.717) is 10.8 Å². The Morgan fingerprint density at radius 3 is 2.40 bits per heavy atom. The maximum Gasteiger partial charge on any atom is 0.119 e. The van der Waals surface area contributed by atoms with Crippen LogP contribution in [0.3, 0.4) is 0 Å². The minimum absolute atomic E-state index is 0.0600. The molecule has 1 aliphatic heterocycles. The standard InChI is InChI=1S/C16H23ClO3/c1-15(2)9-13(16(3,4)20-15)14(18)10-19-12-7-5-11(17)6-8-12/h5-8,13-14,18H,9-10H2,1-4H3. The molecule has 2 atom stereocenters. The molecule has 0 spiro atoms. The van der Waals surface area contributed by atoms with Crippen LogP contribution in [0.15, 0.2) is 24.3 Å². The highest BCUT2D eigenvalue weighted by Gasteiger charge is 2.48. The first-order valence-electron chi connectivity index (χ1n) is 6.96. The maximum absolute atomic E-state index is 10.4. The van der Waals surface area contributed by atoms with E-state index in [2.05, 4.69) is 13.8 Å². The van der Waals surface area contributed by atoms with Crippen LogP contribution in [0.1, 0.15) is 34.1 Å². The number of hydrogen-bond acceptors (Lipinski definition) is 3. The Kier molecular flexibility index (Phi) is 4.33. The summed E-state index contributed by atoms with van der Waals surface area (Å²) in [7, 11) is 0. The monoisotopic (exact) mass is 298 g/mol. The first-order chi connectivity index (χ1) is 9.20. The molecule has 1 N–H and O–H groups in total. The average molecular weight is 299 g/mol. The highest BCUT2D eigenvalue weighted by atomic mass is 35.5. The molecule has 0 aromatic heterocycles. The van der Waals surface area contributed by atoms with Gasteiger partial charge in [-0.05, 0) is 58.4 Å². The number of aliphatic hydroxyl groups is 1. The average Bonchev–Trinajstić information content (AvgIpc) is 2.56. The molecular formula is C16H23ClO3. The van der Waals surface area contributed by atoms with Crippen molar-refractivity contribution in [3.8, 4) is 5.75 Å². The van der Waals surface area contributed by atoms with Gasteiger partial charge in [-0.15, -0.1) is 0 Å². The summed E-state index contributed by atoms with van der Waals surface area (Å²) >= 11 is 5.83. The molecule has 0 saturated carbocycles. The lowest BCUT2D eigenvalue weighted by molar-refractivity contribution is -0.0909. The normalized spacial score (nSPS) is 25.4. The molecule has 4 heteroatoms. The summed E-state index contributed by atoms with van der Waals surface area (Å²) in [5.41, 5.74) is -0.540. The predicted molar refractivity (Wildman–Crippen MR) is 80.3 cm³/mol. The number of hydrogen-bond donors (Lipinski definition) is 1. The Hall–Kier alpha value is -0.770. The summed E-state index contributed by atoms with van der Waals surface area (Å²) in [6.45, 7) is 8.42. The first kappa shape index (κ1) is 15.6. The molecule has 3 nitrogen and oxygen atoms in total. The zero-order chi connectivity index (χ0) is 15.0. The van der Waals surface area contributed by atoms with E-state index in [0.717, 1.165) is 6.42 Å². The molecule has 1 heterocycles. The third-order valence-electron chi connectivity index (χ3n) is 3.84. The molecule has 1 aliphatic rings. The third kappa shape index (κ3) is 3.66. The zero-order valence-electron chi connectivity index (χ0n) is 12.5. The van der Waals surface area contributed by atoms with Crippen molar-refractivity contribution in [3.05, 3.63) is 29.3 Å². The van der Waals surface area contributed by atoms with Crippen molar-refractivity contribution in [2.75, 3.05) is 6.61 Å². The molecule has 0 aliphatic carbocycles. The van der Waals surface area contributed by atoms with E-state index < -0.39 is 6.10 Å². The first-order valence-corrected chi connectivity index (χ1v) is 7.34. The van der Waals surface area contributed by atoms with Crippen molar-refractivity contribution in [1.82, 2.24) is 0 Å². The Morgan fingerprint density at radius 2 is 1.90 bits per heavy atom. The Balaban J connectivity index is 1.95. The second-order valence-corrected chi connectivity index (χ2v) is 7.04. The molecule has 1 aromatic rings. The molecule has 2 rings (SSSR count). The molecule has 2 unspecified atom stereocenters. The van der Waals surface area contributed by atoms with Gasteiger partial charge in [0.15, 0.2) is 0 Å². The lowest BCUT2D eigenvalue weighted by Crippen LogP contribution is -2.39. The van der Waals surface area contributed by atoms with Gasteiger partial charge in [-0.25, -0.2) is 0 Å². The van der Waals surface area contributed by atoms with Crippen LogP contribution in [0, 0.1) is 5.92 Å². The quantitative estimate of drug-likeness (QED) is 0.921. The van der Waals surface area contributed by atoms with Crippen molar-refractivity contribution >= 4 is 11.6 Å². The van der Waals surface area contributed by atoms with Crippen LogP contribution in [0.5, 0.6) is 5.75 Å². The van der Waals surface area contributed by atoms with E-state index >= 15 is 0 Å². The number of rotatable bonds is 4. The van der Waals surface area contributed by atoms with Crippen LogP contribution < -0.4 is 4.74 Å². The molecular weight excluding hydrogens is 276 g/mol. The fraction of sp³-hybridized carbons (Fsp3) is 0.625. The molecule has 1 saturated heterocycles. The van der Waals surface area contributed by atoms with Gasteiger partial charge in [-0.2, -0.15) is 0 Å². The Bertz CT molecular complexity index is 453. The summed E-state index contributed by atoms with van der Waals surface area (Å²) in [5.74, 6) is 0.772. The van der Waals surface area contributed by atoms with Gasteiger partial charge in [0.25, 0.3) is 0 Å². The fourth-order valence-electron chi connectivity index (χ4n) is 3.03. The van der Waals surface area contributed by atoms with E-state index in [-0.39, 0.29) is 23.7 Å². The van der Waals surface area contributed by atoms with Crippen molar-refractivity contribution in [1.29, 1.82) is 0 Å². The Labute approximate surface area is 125 Å². The number of ether oxygens (including phenoxy) is 2. The molecule has 20 heavy (non-hydrogen) atoms. The van der Waals surface area contributed by atoms with Crippen molar-refractivity contribution in [2.45, 2.75) is 51.4 Å². The van der Waals surface area contributed by atoms with Gasteiger partial charge in [0.05, 0.1) is 17.3 Å². The van der Waals surface area contributed by atoms with Gasteiger partial charge in [0, 0.05) is 10.9 Å². The molecule has 0 bridgehead atoms. The summed E-state index contributed by atoms with van der Waals surface area (Å²) < 4.78 is 11.6. The molecule has 1 fully saturated rings. The topological polar surface area (TPSA) is 38.7 Å². The van der Waals surface area contributed by atoms with Gasteiger partial charge in [0.1, 0.15) is 12.4 Å². The number of benzene rings is 1. The van der Waals surface area contributed by atoms with Gasteiger partial charge in [0.2, 0.25) is 0 Å². The highest BCUT2D eigenvalue weighted by molar-refractivity contribution is 6.30. The zero-order valence-corrected chi connectivity index (χ0v) is 13.3. The SMILES string of the molecule is CC1(C)CC(C(O)COc2ccc(Cl)cc2)C(C)(C)O1. The molecule has 1 aromatic carbocycles. The Morgan fingerprint density at radius 1 is 1.30 bits per heavy atom. The third-order valence-corrected chi connectivity index (χ3v) is 4.09. The van der Waals surface area contributed by atoms with Crippen molar-refractivity contribution in [2.24, 2.45) is 5.92 Å². The minimum Gasteiger partial charge on any atom is -0.491 e. The van der Waals surface area contributed by atoms with Gasteiger partial charge in [-0.1, -0.05) is 11.6 Å².